The van der Waals surface area contributed by atoms with E-state index < -0.39 is 44.3 Å². The van der Waals surface area contributed by atoms with Gasteiger partial charge in [0.05, 0.1) is 12.3 Å². The van der Waals surface area contributed by atoms with Gasteiger partial charge < -0.3 is 0 Å². The van der Waals surface area contributed by atoms with E-state index in [1.165, 1.54) is 0 Å². The zero-order valence-electron chi connectivity index (χ0n) is 22.7. The molecule has 0 unspecified atom stereocenters. The average Bonchev–Trinajstić information content (AvgIpc) is 2.88. The van der Waals surface area contributed by atoms with Crippen molar-refractivity contribution in [3.05, 3.63) is 120 Å². The van der Waals surface area contributed by atoms with Crippen molar-refractivity contribution in [2.24, 2.45) is 0 Å². The molecule has 0 aromatic heterocycles. The highest BCUT2D eigenvalue weighted by atomic mass is 79.9. The second-order valence-corrected chi connectivity index (χ2v) is 10.1. The van der Waals surface area contributed by atoms with Crippen molar-refractivity contribution in [3.63, 3.8) is 0 Å². The molecule has 4 aromatic rings. The van der Waals surface area contributed by atoms with E-state index in [-0.39, 0.29) is 33.0 Å². The molecular weight excluding hydrogens is 396 g/mol. The third-order valence-electron chi connectivity index (χ3n) is 4.26. The minimum absolute atomic E-state index is 0.00642. The standard InChI is InChI=1S/C24H19BrSi/c25-20-11-10-18-24(19-20)26(21-12-4-1-5-13-21,22-14-6-2-7-15-22)23-16-8-3-9-17-23/h1-19H/i1D,4D,5D,10D,11D,12D,13D,18D,19D. The first-order valence-electron chi connectivity index (χ1n) is 12.5. The van der Waals surface area contributed by atoms with Crippen LogP contribution in [0.25, 0.3) is 0 Å². The quantitative estimate of drug-likeness (QED) is 0.345. The van der Waals surface area contributed by atoms with Crippen LogP contribution in [0.2, 0.25) is 0 Å². The van der Waals surface area contributed by atoms with Gasteiger partial charge in [-0.25, -0.2) is 0 Å². The van der Waals surface area contributed by atoms with Gasteiger partial charge in [0, 0.05) is 4.47 Å². The van der Waals surface area contributed by atoms with Gasteiger partial charge in [0.1, 0.15) is 0 Å². The Morgan fingerprint density at radius 2 is 1.12 bits per heavy atom. The summed E-state index contributed by atoms with van der Waals surface area (Å²) in [7, 11) is -3.96. The van der Waals surface area contributed by atoms with E-state index >= 15 is 0 Å². The lowest BCUT2D eigenvalue weighted by atomic mass is 10.3. The Balaban J connectivity index is 2.41. The highest BCUT2D eigenvalue weighted by molar-refractivity contribution is 9.10. The molecule has 0 aliphatic heterocycles. The maximum absolute atomic E-state index is 8.98. The summed E-state index contributed by atoms with van der Waals surface area (Å²) in [6.45, 7) is 0. The SMILES string of the molecule is [2H]c1c([2H])c([2H])c([Si](c2ccccc2)(c2ccccc2)c2c([2H])c([2H])c([2H])c(Br)c2[2H])c([2H])c1[2H]. The predicted octanol–water partition coefficient (Wildman–Crippen LogP) is 3.83. The average molecular weight is 424 g/mol. The molecule has 0 heterocycles. The summed E-state index contributed by atoms with van der Waals surface area (Å²) in [5.74, 6) is 0. The lowest BCUT2D eigenvalue weighted by Gasteiger charge is -2.34. The van der Waals surface area contributed by atoms with Crippen molar-refractivity contribution in [2.45, 2.75) is 0 Å². The number of hydrogen-bond donors (Lipinski definition) is 0. The molecule has 0 amide bonds. The van der Waals surface area contributed by atoms with E-state index in [0.29, 0.717) is 10.4 Å². The van der Waals surface area contributed by atoms with Crippen molar-refractivity contribution >= 4 is 44.8 Å². The molecule has 0 aliphatic rings. The summed E-state index contributed by atoms with van der Waals surface area (Å²) >= 11 is 3.25. The molecule has 126 valence electrons. The largest absolute Gasteiger partial charge is 0.179 e. The van der Waals surface area contributed by atoms with Crippen LogP contribution in [0, 0.1) is 0 Å². The monoisotopic (exact) mass is 423 g/mol. The van der Waals surface area contributed by atoms with Gasteiger partial charge in [-0.1, -0.05) is 119 Å². The predicted molar refractivity (Wildman–Crippen MR) is 118 cm³/mol. The van der Waals surface area contributed by atoms with Gasteiger partial charge in [-0.05, 0) is 32.8 Å². The van der Waals surface area contributed by atoms with Crippen LogP contribution < -0.4 is 20.7 Å². The second kappa shape index (κ2) is 7.44. The molecule has 0 radical (unpaired) electrons. The van der Waals surface area contributed by atoms with Crippen LogP contribution in [0.1, 0.15) is 12.3 Å². The summed E-state index contributed by atoms with van der Waals surface area (Å²) in [5, 5.41) is 1.28. The van der Waals surface area contributed by atoms with Gasteiger partial charge in [-0.15, -0.1) is 0 Å². The lowest BCUT2D eigenvalue weighted by molar-refractivity contribution is 1.64. The molecule has 26 heavy (non-hydrogen) atoms. The van der Waals surface area contributed by atoms with Crippen molar-refractivity contribution in [3.8, 4) is 0 Å². The molecule has 4 rings (SSSR count). The van der Waals surface area contributed by atoms with Crippen LogP contribution in [0.4, 0.5) is 0 Å². The van der Waals surface area contributed by atoms with Crippen molar-refractivity contribution in [1.29, 1.82) is 0 Å². The number of hydrogen-bond acceptors (Lipinski definition) is 0. The van der Waals surface area contributed by atoms with E-state index in [0.717, 1.165) is 0 Å². The molecule has 0 N–H and O–H groups in total. The summed E-state index contributed by atoms with van der Waals surface area (Å²) in [6.07, 6.45) is 0. The Hall–Kier alpha value is -2.42. The normalized spacial score (nSPS) is 16.1. The highest BCUT2D eigenvalue weighted by Gasteiger charge is 2.41. The van der Waals surface area contributed by atoms with Crippen molar-refractivity contribution in [2.75, 3.05) is 0 Å². The Labute approximate surface area is 176 Å². The minimum atomic E-state index is -3.96. The summed E-state index contributed by atoms with van der Waals surface area (Å²) < 4.78 is 77.2. The van der Waals surface area contributed by atoms with E-state index in [4.69, 9.17) is 12.3 Å². The summed E-state index contributed by atoms with van der Waals surface area (Å²) in [6, 6.07) is 14.0. The van der Waals surface area contributed by atoms with Crippen LogP contribution in [-0.2, 0) is 0 Å². The number of rotatable bonds is 4. The smallest absolute Gasteiger partial charge is 0.0623 e. The van der Waals surface area contributed by atoms with Gasteiger partial charge in [0.15, 0.2) is 8.07 Å². The van der Waals surface area contributed by atoms with Crippen LogP contribution >= 0.6 is 15.9 Å². The maximum atomic E-state index is 8.98. The van der Waals surface area contributed by atoms with Gasteiger partial charge in [0.2, 0.25) is 0 Å². The van der Waals surface area contributed by atoms with Gasteiger partial charge in [-0.3, -0.25) is 0 Å². The number of benzene rings is 4. The lowest BCUT2D eigenvalue weighted by Crippen LogP contribution is -2.74. The third kappa shape index (κ3) is 2.96. The summed E-state index contributed by atoms with van der Waals surface area (Å²) in [4.78, 5) is 0. The Kier molecular flexibility index (Phi) is 2.72. The van der Waals surface area contributed by atoms with Gasteiger partial charge in [-0.2, -0.15) is 0 Å². The highest BCUT2D eigenvalue weighted by Crippen LogP contribution is 2.13. The van der Waals surface area contributed by atoms with Crippen LogP contribution in [0.5, 0.6) is 0 Å². The van der Waals surface area contributed by atoms with E-state index in [9.17, 15) is 0 Å². The molecule has 0 saturated carbocycles. The van der Waals surface area contributed by atoms with E-state index in [1.54, 1.807) is 60.7 Å². The fourth-order valence-electron chi connectivity index (χ4n) is 3.19. The number of halogens is 1. The molecule has 0 saturated heterocycles. The van der Waals surface area contributed by atoms with Crippen molar-refractivity contribution < 1.29 is 12.3 Å². The molecule has 2 heteroatoms. The van der Waals surface area contributed by atoms with E-state index in [2.05, 4.69) is 15.9 Å². The van der Waals surface area contributed by atoms with Crippen LogP contribution in [0.15, 0.2) is 120 Å². The first-order chi connectivity index (χ1) is 16.6. The minimum Gasteiger partial charge on any atom is -0.0623 e. The topological polar surface area (TPSA) is 0 Å². The van der Waals surface area contributed by atoms with Crippen LogP contribution in [-0.4, -0.2) is 8.07 Å². The van der Waals surface area contributed by atoms with Gasteiger partial charge >= 0.3 is 0 Å². The molecule has 4 aromatic carbocycles. The second-order valence-electron chi connectivity index (χ2n) is 5.67. The summed E-state index contributed by atoms with van der Waals surface area (Å²) in [5.41, 5.74) is 0. The Morgan fingerprint density at radius 1 is 0.577 bits per heavy atom. The fraction of sp³-hybridized carbons (Fsp3) is 0. The first kappa shape index (κ1) is 9.49. The molecule has 0 aliphatic carbocycles. The van der Waals surface area contributed by atoms with Gasteiger partial charge in [0.25, 0.3) is 0 Å². The first-order valence-corrected chi connectivity index (χ1v) is 10.8. The third-order valence-corrected chi connectivity index (χ3v) is 9.05. The molecule has 0 nitrogen and oxygen atoms in total. The zero-order valence-corrected chi connectivity index (χ0v) is 16.2. The van der Waals surface area contributed by atoms with Crippen molar-refractivity contribution in [1.82, 2.24) is 0 Å². The molecular formula is C24H19BrSi. The Morgan fingerprint density at radius 3 is 1.69 bits per heavy atom. The zero-order chi connectivity index (χ0) is 25.7. The fourth-order valence-corrected chi connectivity index (χ4v) is 7.86. The van der Waals surface area contributed by atoms with Crippen LogP contribution in [0.3, 0.4) is 0 Å². The Bertz CT molecular complexity index is 1270. The van der Waals surface area contributed by atoms with E-state index in [1.807, 2.05) is 0 Å². The molecule has 0 atom stereocenters. The maximum Gasteiger partial charge on any atom is 0.179 e. The molecule has 0 fully saturated rings. The molecule has 0 bridgehead atoms. The molecule has 0 spiro atoms.